The third-order valence-corrected chi connectivity index (χ3v) is 4.72. The van der Waals surface area contributed by atoms with Crippen molar-refractivity contribution in [2.75, 3.05) is 44.2 Å². The highest BCUT2D eigenvalue weighted by Gasteiger charge is 2.23. The predicted molar refractivity (Wildman–Crippen MR) is 87.8 cm³/mol. The number of hydrogen-bond acceptors (Lipinski definition) is 4. The first-order chi connectivity index (χ1) is 10.4. The minimum atomic E-state index is 0.586. The van der Waals surface area contributed by atoms with Crippen molar-refractivity contribution in [3.8, 4) is 0 Å². The zero-order valence-corrected chi connectivity index (χ0v) is 13.2. The van der Waals surface area contributed by atoms with Gasteiger partial charge in [-0.2, -0.15) is 0 Å². The molecule has 0 aliphatic carbocycles. The fourth-order valence-corrected chi connectivity index (χ4v) is 3.60. The fourth-order valence-electron chi connectivity index (χ4n) is 3.60. The van der Waals surface area contributed by atoms with Crippen LogP contribution in [0.25, 0.3) is 0 Å². The molecule has 3 heterocycles. The van der Waals surface area contributed by atoms with Crippen LogP contribution in [0, 0.1) is 0 Å². The van der Waals surface area contributed by atoms with E-state index < -0.39 is 0 Å². The van der Waals surface area contributed by atoms with Gasteiger partial charge in [-0.1, -0.05) is 19.4 Å². The molecule has 0 spiro atoms. The van der Waals surface area contributed by atoms with E-state index in [2.05, 4.69) is 40.4 Å². The van der Waals surface area contributed by atoms with Crippen LogP contribution in [0.4, 0.5) is 5.82 Å². The molecule has 2 aliphatic heterocycles. The highest BCUT2D eigenvalue weighted by atomic mass is 15.2. The Morgan fingerprint density at radius 3 is 2.76 bits per heavy atom. The molecule has 116 valence electrons. The summed E-state index contributed by atoms with van der Waals surface area (Å²) < 4.78 is 0. The van der Waals surface area contributed by atoms with E-state index >= 15 is 0 Å². The number of pyridine rings is 1. The lowest BCUT2D eigenvalue weighted by atomic mass is 9.96. The van der Waals surface area contributed by atoms with Gasteiger partial charge in [0, 0.05) is 38.4 Å². The summed E-state index contributed by atoms with van der Waals surface area (Å²) in [4.78, 5) is 9.77. The monoisotopic (exact) mass is 288 g/mol. The lowest BCUT2D eigenvalue weighted by Crippen LogP contribution is -2.43. The molecule has 0 bridgehead atoms. The van der Waals surface area contributed by atoms with Gasteiger partial charge >= 0.3 is 0 Å². The normalized spacial score (nSPS) is 24.2. The molecule has 0 radical (unpaired) electrons. The van der Waals surface area contributed by atoms with Crippen LogP contribution in [-0.2, 0) is 0 Å². The quantitative estimate of drug-likeness (QED) is 0.922. The van der Waals surface area contributed by atoms with Gasteiger partial charge in [-0.05, 0) is 44.0 Å². The maximum atomic E-state index is 4.74. The van der Waals surface area contributed by atoms with E-state index in [0.717, 1.165) is 32.0 Å². The minimum absolute atomic E-state index is 0.586. The molecule has 21 heavy (non-hydrogen) atoms. The Morgan fingerprint density at radius 1 is 1.19 bits per heavy atom. The lowest BCUT2D eigenvalue weighted by molar-refractivity contribution is 0.149. The summed E-state index contributed by atoms with van der Waals surface area (Å²) in [6, 6.07) is 5.12. The third-order valence-electron chi connectivity index (χ3n) is 4.72. The lowest BCUT2D eigenvalue weighted by Gasteiger charge is -2.36. The molecule has 0 saturated carbocycles. The van der Waals surface area contributed by atoms with Gasteiger partial charge in [0.2, 0.25) is 0 Å². The molecular formula is C17H28N4. The van der Waals surface area contributed by atoms with Gasteiger partial charge in [-0.25, -0.2) is 4.98 Å². The van der Waals surface area contributed by atoms with Gasteiger partial charge in [-0.15, -0.1) is 0 Å². The van der Waals surface area contributed by atoms with Crippen LogP contribution >= 0.6 is 0 Å². The summed E-state index contributed by atoms with van der Waals surface area (Å²) in [6.07, 6.45) is 7.35. The number of nitrogens with zero attached hydrogens (tertiary/aromatic N) is 3. The van der Waals surface area contributed by atoms with Gasteiger partial charge in [0.1, 0.15) is 5.82 Å². The SMILES string of the molecule is CCCN1CCCC[C@@H]1c1ccc(N2CCNCC2)nc1. The van der Waals surface area contributed by atoms with Crippen molar-refractivity contribution < 1.29 is 0 Å². The highest BCUT2D eigenvalue weighted by molar-refractivity contribution is 5.40. The molecule has 3 rings (SSSR count). The summed E-state index contributed by atoms with van der Waals surface area (Å²) in [6.45, 7) is 9.00. The number of anilines is 1. The average molecular weight is 288 g/mol. The number of hydrogen-bond donors (Lipinski definition) is 1. The Labute approximate surface area is 128 Å². The Bertz CT molecular complexity index is 423. The van der Waals surface area contributed by atoms with E-state index in [9.17, 15) is 0 Å². The van der Waals surface area contributed by atoms with Crippen molar-refractivity contribution in [3.63, 3.8) is 0 Å². The number of aromatic nitrogens is 1. The van der Waals surface area contributed by atoms with Crippen molar-refractivity contribution in [2.45, 2.75) is 38.6 Å². The van der Waals surface area contributed by atoms with Crippen molar-refractivity contribution in [1.29, 1.82) is 0 Å². The van der Waals surface area contributed by atoms with Gasteiger partial charge in [0.15, 0.2) is 0 Å². The smallest absolute Gasteiger partial charge is 0.128 e. The average Bonchev–Trinajstić information content (AvgIpc) is 2.57. The molecular weight excluding hydrogens is 260 g/mol. The maximum Gasteiger partial charge on any atom is 0.128 e. The van der Waals surface area contributed by atoms with E-state index in [1.807, 2.05) is 0 Å². The second kappa shape index (κ2) is 7.23. The van der Waals surface area contributed by atoms with Gasteiger partial charge in [0.05, 0.1) is 0 Å². The second-order valence-corrected chi connectivity index (χ2v) is 6.23. The van der Waals surface area contributed by atoms with Crippen molar-refractivity contribution >= 4 is 5.82 Å². The van der Waals surface area contributed by atoms with Crippen LogP contribution in [0.2, 0.25) is 0 Å². The van der Waals surface area contributed by atoms with Crippen LogP contribution in [0.1, 0.15) is 44.2 Å². The van der Waals surface area contributed by atoms with E-state index in [1.54, 1.807) is 0 Å². The molecule has 4 heteroatoms. The Morgan fingerprint density at radius 2 is 2.05 bits per heavy atom. The van der Waals surface area contributed by atoms with Gasteiger partial charge < -0.3 is 10.2 Å². The molecule has 1 atom stereocenters. The largest absolute Gasteiger partial charge is 0.354 e. The maximum absolute atomic E-state index is 4.74. The fraction of sp³-hybridized carbons (Fsp3) is 0.706. The number of piperazine rings is 1. The number of piperidine rings is 1. The topological polar surface area (TPSA) is 31.4 Å². The third kappa shape index (κ3) is 3.55. The summed E-state index contributed by atoms with van der Waals surface area (Å²) in [7, 11) is 0. The van der Waals surface area contributed by atoms with E-state index in [4.69, 9.17) is 4.98 Å². The number of nitrogens with one attached hydrogen (secondary N) is 1. The zero-order valence-electron chi connectivity index (χ0n) is 13.2. The Hall–Kier alpha value is -1.13. The van der Waals surface area contributed by atoms with E-state index in [-0.39, 0.29) is 0 Å². The zero-order chi connectivity index (χ0) is 14.5. The molecule has 1 aromatic heterocycles. The standard InChI is InChI=1S/C17H28N4/c1-2-10-20-11-4-3-5-16(20)15-6-7-17(19-14-15)21-12-8-18-9-13-21/h6-7,14,16,18H,2-5,8-13H2,1H3/t16-/m1/s1. The first-order valence-electron chi connectivity index (χ1n) is 8.54. The molecule has 0 aromatic carbocycles. The highest BCUT2D eigenvalue weighted by Crippen LogP contribution is 2.31. The van der Waals surface area contributed by atoms with E-state index in [1.165, 1.54) is 44.3 Å². The van der Waals surface area contributed by atoms with Crippen LogP contribution in [0.15, 0.2) is 18.3 Å². The molecule has 2 fully saturated rings. The molecule has 4 nitrogen and oxygen atoms in total. The van der Waals surface area contributed by atoms with Crippen molar-refractivity contribution in [3.05, 3.63) is 23.9 Å². The summed E-state index contributed by atoms with van der Waals surface area (Å²) in [5.41, 5.74) is 1.40. The Kier molecular flexibility index (Phi) is 5.09. The van der Waals surface area contributed by atoms with Gasteiger partial charge in [0.25, 0.3) is 0 Å². The second-order valence-electron chi connectivity index (χ2n) is 6.23. The molecule has 0 amide bonds. The minimum Gasteiger partial charge on any atom is -0.354 e. The van der Waals surface area contributed by atoms with Crippen LogP contribution < -0.4 is 10.2 Å². The molecule has 2 aliphatic rings. The van der Waals surface area contributed by atoms with Crippen LogP contribution in [0.3, 0.4) is 0 Å². The van der Waals surface area contributed by atoms with Crippen molar-refractivity contribution in [1.82, 2.24) is 15.2 Å². The predicted octanol–water partition coefficient (Wildman–Crippen LogP) is 2.43. The van der Waals surface area contributed by atoms with Crippen LogP contribution in [-0.4, -0.2) is 49.2 Å². The Balaban J connectivity index is 1.70. The first-order valence-corrected chi connectivity index (χ1v) is 8.54. The molecule has 2 saturated heterocycles. The number of likely N-dealkylation sites (tertiary alicyclic amines) is 1. The van der Waals surface area contributed by atoms with E-state index in [0.29, 0.717) is 6.04 Å². The van der Waals surface area contributed by atoms with Crippen LogP contribution in [0.5, 0.6) is 0 Å². The summed E-state index contributed by atoms with van der Waals surface area (Å²) >= 11 is 0. The summed E-state index contributed by atoms with van der Waals surface area (Å²) in [5.74, 6) is 1.14. The molecule has 0 unspecified atom stereocenters. The first kappa shape index (κ1) is 14.8. The molecule has 1 N–H and O–H groups in total. The summed E-state index contributed by atoms with van der Waals surface area (Å²) in [5, 5.41) is 3.39. The number of rotatable bonds is 4. The van der Waals surface area contributed by atoms with Gasteiger partial charge in [-0.3, -0.25) is 4.90 Å². The van der Waals surface area contributed by atoms with Crippen molar-refractivity contribution in [2.24, 2.45) is 0 Å². The molecule has 1 aromatic rings.